The number of ether oxygens (including phenoxy) is 1. The predicted octanol–water partition coefficient (Wildman–Crippen LogP) is 6.55. The fourth-order valence-electron chi connectivity index (χ4n) is 4.16. The van der Waals surface area contributed by atoms with Crippen molar-refractivity contribution in [1.82, 2.24) is 0 Å². The number of thioether (sulfide) groups is 1. The molecule has 40 heavy (non-hydrogen) atoms. The van der Waals surface area contributed by atoms with Crippen LogP contribution in [0.3, 0.4) is 0 Å². The van der Waals surface area contributed by atoms with E-state index < -0.39 is 11.8 Å². The second-order valence-electron chi connectivity index (χ2n) is 9.22. The average molecular weight is 550 g/mol. The number of carbonyl (C=O) groups is 3. The van der Waals surface area contributed by atoms with E-state index in [4.69, 9.17) is 4.74 Å². The van der Waals surface area contributed by atoms with Gasteiger partial charge in [-0.1, -0.05) is 36.0 Å². The van der Waals surface area contributed by atoms with Crippen LogP contribution in [-0.2, 0) is 9.59 Å². The lowest BCUT2D eigenvalue weighted by Gasteiger charge is -2.16. The van der Waals surface area contributed by atoms with E-state index in [1.807, 2.05) is 38.1 Å². The van der Waals surface area contributed by atoms with Crippen molar-refractivity contribution in [3.8, 4) is 5.75 Å². The Labute approximate surface area is 236 Å². The van der Waals surface area contributed by atoms with Gasteiger partial charge in [0.15, 0.2) is 0 Å². The smallest absolute Gasteiger partial charge is 0.283 e. The molecule has 0 spiro atoms. The predicted molar refractivity (Wildman–Crippen MR) is 159 cm³/mol. The van der Waals surface area contributed by atoms with Gasteiger partial charge < -0.3 is 15.4 Å². The maximum atomic E-state index is 13.7. The highest BCUT2D eigenvalue weighted by molar-refractivity contribution is 8.04. The summed E-state index contributed by atoms with van der Waals surface area (Å²) in [5, 5.41) is 6.07. The van der Waals surface area contributed by atoms with Crippen molar-refractivity contribution in [3.05, 3.63) is 124 Å². The number of aryl methyl sites for hydroxylation is 2. The molecule has 5 rings (SSSR count). The number of imide groups is 1. The van der Waals surface area contributed by atoms with Crippen LogP contribution in [0.2, 0.25) is 0 Å². The van der Waals surface area contributed by atoms with Crippen LogP contribution in [0, 0.1) is 13.8 Å². The lowest BCUT2D eigenvalue weighted by atomic mass is 10.1. The fourth-order valence-corrected chi connectivity index (χ4v) is 5.09. The van der Waals surface area contributed by atoms with E-state index in [1.54, 1.807) is 79.9 Å². The minimum atomic E-state index is -0.442. The zero-order chi connectivity index (χ0) is 28.2. The summed E-state index contributed by atoms with van der Waals surface area (Å²) in [5.41, 5.74) is 4.74. The average Bonchev–Trinajstić information content (AvgIpc) is 3.20. The Bertz CT molecular complexity index is 1610. The summed E-state index contributed by atoms with van der Waals surface area (Å²) in [4.78, 5) is 42.0. The number of nitrogens with one attached hydrogen (secondary N) is 2. The van der Waals surface area contributed by atoms with E-state index in [0.717, 1.165) is 16.0 Å². The van der Waals surface area contributed by atoms with Crippen molar-refractivity contribution >= 4 is 46.5 Å². The largest absolute Gasteiger partial charge is 0.497 e. The van der Waals surface area contributed by atoms with Crippen LogP contribution < -0.4 is 20.3 Å². The zero-order valence-corrected chi connectivity index (χ0v) is 23.0. The van der Waals surface area contributed by atoms with Crippen molar-refractivity contribution < 1.29 is 19.1 Å². The molecule has 7 nitrogen and oxygen atoms in total. The van der Waals surface area contributed by atoms with Gasteiger partial charge in [-0.05, 0) is 97.8 Å². The fraction of sp³-hybridized carbons (Fsp3) is 0.0938. The molecule has 1 aliphatic heterocycles. The van der Waals surface area contributed by atoms with Crippen LogP contribution in [0.4, 0.5) is 17.1 Å². The van der Waals surface area contributed by atoms with Gasteiger partial charge in [0.2, 0.25) is 0 Å². The Hall–Kier alpha value is -4.82. The molecule has 4 aromatic rings. The summed E-state index contributed by atoms with van der Waals surface area (Å²) in [7, 11) is 1.56. The van der Waals surface area contributed by atoms with Gasteiger partial charge in [-0.25, -0.2) is 4.90 Å². The summed E-state index contributed by atoms with van der Waals surface area (Å²) in [6.45, 7) is 4.01. The second-order valence-corrected chi connectivity index (χ2v) is 10.3. The van der Waals surface area contributed by atoms with Gasteiger partial charge in [-0.3, -0.25) is 14.4 Å². The van der Waals surface area contributed by atoms with Gasteiger partial charge in [0.05, 0.1) is 12.8 Å². The number of anilines is 3. The first kappa shape index (κ1) is 26.8. The van der Waals surface area contributed by atoms with Gasteiger partial charge in [0.1, 0.15) is 16.4 Å². The number of amides is 3. The number of rotatable bonds is 8. The minimum Gasteiger partial charge on any atom is -0.497 e. The van der Waals surface area contributed by atoms with E-state index in [2.05, 4.69) is 10.6 Å². The van der Waals surface area contributed by atoms with Crippen LogP contribution in [0.25, 0.3) is 0 Å². The molecular formula is C32H27N3O4S. The summed E-state index contributed by atoms with van der Waals surface area (Å²) >= 11 is 1.20. The van der Waals surface area contributed by atoms with Crippen LogP contribution in [-0.4, -0.2) is 24.8 Å². The molecule has 2 N–H and O–H groups in total. The Morgan fingerprint density at radius 1 is 0.775 bits per heavy atom. The number of hydrogen-bond donors (Lipinski definition) is 2. The standard InChI is InChI=1S/C32H27N3O4S/c1-20-9-10-24(19-21(20)2)33-28-29(32(38)35(31(28)37)25-13-15-26(39-3)16-14-25)40-27-17-11-23(12-18-27)34-30(36)22-7-5-4-6-8-22/h4-19,33H,1-3H3,(H,34,36). The highest BCUT2D eigenvalue weighted by atomic mass is 32.2. The Morgan fingerprint density at radius 3 is 2.10 bits per heavy atom. The van der Waals surface area contributed by atoms with Crippen molar-refractivity contribution in [1.29, 1.82) is 0 Å². The highest BCUT2D eigenvalue weighted by Crippen LogP contribution is 2.38. The minimum absolute atomic E-state index is 0.204. The van der Waals surface area contributed by atoms with E-state index in [9.17, 15) is 14.4 Å². The van der Waals surface area contributed by atoms with E-state index >= 15 is 0 Å². The third-order valence-electron chi connectivity index (χ3n) is 6.52. The molecule has 0 atom stereocenters. The van der Waals surface area contributed by atoms with Crippen LogP contribution in [0.15, 0.2) is 113 Å². The van der Waals surface area contributed by atoms with Crippen molar-refractivity contribution in [2.24, 2.45) is 0 Å². The molecule has 200 valence electrons. The highest BCUT2D eigenvalue weighted by Gasteiger charge is 2.40. The number of methoxy groups -OCH3 is 1. The lowest BCUT2D eigenvalue weighted by molar-refractivity contribution is -0.120. The Kier molecular flexibility index (Phi) is 7.70. The quantitative estimate of drug-likeness (QED) is 0.242. The van der Waals surface area contributed by atoms with Crippen LogP contribution >= 0.6 is 11.8 Å². The first-order valence-corrected chi connectivity index (χ1v) is 13.4. The Balaban J connectivity index is 1.42. The molecular weight excluding hydrogens is 522 g/mol. The Morgan fingerprint density at radius 2 is 1.45 bits per heavy atom. The maximum absolute atomic E-state index is 13.7. The van der Waals surface area contributed by atoms with Crippen molar-refractivity contribution in [2.75, 3.05) is 22.6 Å². The molecule has 0 radical (unpaired) electrons. The molecule has 0 saturated carbocycles. The monoisotopic (exact) mass is 549 g/mol. The molecule has 0 unspecified atom stereocenters. The van der Waals surface area contributed by atoms with Crippen LogP contribution in [0.5, 0.6) is 5.75 Å². The third kappa shape index (κ3) is 5.62. The van der Waals surface area contributed by atoms with E-state index in [0.29, 0.717) is 28.4 Å². The number of carbonyl (C=O) groups excluding carboxylic acids is 3. The molecule has 4 aromatic carbocycles. The van der Waals surface area contributed by atoms with Crippen LogP contribution in [0.1, 0.15) is 21.5 Å². The number of hydrogen-bond acceptors (Lipinski definition) is 6. The normalized spacial score (nSPS) is 13.0. The molecule has 0 aromatic heterocycles. The summed E-state index contributed by atoms with van der Waals surface area (Å²) in [6.07, 6.45) is 0. The maximum Gasteiger partial charge on any atom is 0.283 e. The molecule has 8 heteroatoms. The van der Waals surface area contributed by atoms with Gasteiger partial charge in [0, 0.05) is 21.8 Å². The van der Waals surface area contributed by atoms with Gasteiger partial charge in [-0.15, -0.1) is 0 Å². The molecule has 0 saturated heterocycles. The summed E-state index contributed by atoms with van der Waals surface area (Å²) in [5.74, 6) is -0.454. The van der Waals surface area contributed by atoms with Crippen molar-refractivity contribution in [3.63, 3.8) is 0 Å². The first-order valence-electron chi connectivity index (χ1n) is 12.6. The lowest BCUT2D eigenvalue weighted by Crippen LogP contribution is -2.32. The number of nitrogens with zero attached hydrogens (tertiary/aromatic N) is 1. The molecule has 0 aliphatic carbocycles. The van der Waals surface area contributed by atoms with E-state index in [-0.39, 0.29) is 16.5 Å². The van der Waals surface area contributed by atoms with Gasteiger partial charge in [-0.2, -0.15) is 0 Å². The van der Waals surface area contributed by atoms with Gasteiger partial charge >= 0.3 is 0 Å². The molecule has 1 aliphatic rings. The van der Waals surface area contributed by atoms with Crippen molar-refractivity contribution in [2.45, 2.75) is 18.7 Å². The first-order chi connectivity index (χ1) is 19.3. The molecule has 0 bridgehead atoms. The summed E-state index contributed by atoms with van der Waals surface area (Å²) < 4.78 is 5.22. The molecule has 1 heterocycles. The van der Waals surface area contributed by atoms with Gasteiger partial charge in [0.25, 0.3) is 17.7 Å². The molecule has 0 fully saturated rings. The second kappa shape index (κ2) is 11.5. The third-order valence-corrected chi connectivity index (χ3v) is 7.61. The molecule has 3 amide bonds. The SMILES string of the molecule is COc1ccc(N2C(=O)C(Nc3ccc(C)c(C)c3)=C(Sc3ccc(NC(=O)c4ccccc4)cc3)C2=O)cc1. The number of benzene rings is 4. The summed E-state index contributed by atoms with van der Waals surface area (Å²) in [6, 6.07) is 28.7. The van der Waals surface area contributed by atoms with E-state index in [1.165, 1.54) is 16.7 Å². The zero-order valence-electron chi connectivity index (χ0n) is 22.2. The topological polar surface area (TPSA) is 87.7 Å².